The van der Waals surface area contributed by atoms with E-state index in [0.717, 1.165) is 10.1 Å². The predicted molar refractivity (Wildman–Crippen MR) is 114 cm³/mol. The molecule has 2 aromatic carbocycles. The lowest BCUT2D eigenvalue weighted by Crippen LogP contribution is -2.31. The number of carbonyl (C=O) groups is 2. The summed E-state index contributed by atoms with van der Waals surface area (Å²) in [6.45, 7) is 3.43. The summed E-state index contributed by atoms with van der Waals surface area (Å²) in [5.74, 6) is -0.856. The highest BCUT2D eigenvalue weighted by atomic mass is 16.5. The fourth-order valence-electron chi connectivity index (χ4n) is 2.96. The lowest BCUT2D eigenvalue weighted by molar-refractivity contribution is -0.116. The lowest BCUT2D eigenvalue weighted by atomic mass is 10.1. The van der Waals surface area contributed by atoms with E-state index in [1.54, 1.807) is 43.3 Å². The van der Waals surface area contributed by atoms with Crippen molar-refractivity contribution in [3.63, 3.8) is 0 Å². The summed E-state index contributed by atoms with van der Waals surface area (Å²) in [5.41, 5.74) is 1.33. The van der Waals surface area contributed by atoms with Crippen LogP contribution in [0.15, 0.2) is 59.5 Å². The molecule has 31 heavy (non-hydrogen) atoms. The van der Waals surface area contributed by atoms with E-state index in [9.17, 15) is 19.6 Å². The molecule has 0 atom stereocenters. The van der Waals surface area contributed by atoms with Crippen molar-refractivity contribution in [1.82, 2.24) is 9.55 Å². The molecular weight excluding hydrogens is 396 g/mol. The summed E-state index contributed by atoms with van der Waals surface area (Å²) in [5, 5.41) is 11.8. The average Bonchev–Trinajstić information content (AvgIpc) is 2.76. The third kappa shape index (κ3) is 4.85. The van der Waals surface area contributed by atoms with Crippen LogP contribution in [-0.4, -0.2) is 28.0 Å². The normalized spacial score (nSPS) is 10.2. The Hall–Kier alpha value is -4.25. The van der Waals surface area contributed by atoms with E-state index < -0.39 is 17.4 Å². The van der Waals surface area contributed by atoms with Crippen LogP contribution in [-0.2, 0) is 16.1 Å². The molecule has 1 amide bonds. The number of para-hydroxylation sites is 1. The molecule has 0 fully saturated rings. The van der Waals surface area contributed by atoms with E-state index in [4.69, 9.17) is 4.74 Å². The third-order valence-electron chi connectivity index (χ3n) is 4.48. The predicted octanol–water partition coefficient (Wildman–Crippen LogP) is 2.91. The van der Waals surface area contributed by atoms with Gasteiger partial charge in [-0.25, -0.2) is 9.78 Å². The largest absolute Gasteiger partial charge is 0.462 e. The molecule has 0 aliphatic heterocycles. The van der Waals surface area contributed by atoms with Crippen molar-refractivity contribution in [3.8, 4) is 17.5 Å². The fraction of sp³-hybridized carbons (Fsp3) is 0.174. The summed E-state index contributed by atoms with van der Waals surface area (Å²) < 4.78 is 6.16. The van der Waals surface area contributed by atoms with Crippen LogP contribution in [0.3, 0.4) is 0 Å². The molecule has 0 aliphatic carbocycles. The maximum atomic E-state index is 12.8. The molecule has 0 bridgehead atoms. The molecule has 1 aromatic heterocycles. The monoisotopic (exact) mass is 416 g/mol. The fourth-order valence-corrected chi connectivity index (χ4v) is 2.96. The first-order valence-corrected chi connectivity index (χ1v) is 9.57. The molecule has 0 spiro atoms. The molecule has 0 radical (unpaired) electrons. The quantitative estimate of drug-likeness (QED) is 0.618. The highest BCUT2D eigenvalue weighted by Crippen LogP contribution is 2.19. The zero-order chi connectivity index (χ0) is 22.4. The van der Waals surface area contributed by atoms with Crippen molar-refractivity contribution in [2.75, 3.05) is 11.9 Å². The number of benzene rings is 2. The molecule has 3 rings (SSSR count). The molecule has 0 aliphatic rings. The summed E-state index contributed by atoms with van der Waals surface area (Å²) in [6.07, 6.45) is 1.20. The number of ether oxygens (including phenoxy) is 1. The van der Waals surface area contributed by atoms with E-state index in [0.29, 0.717) is 5.56 Å². The summed E-state index contributed by atoms with van der Waals surface area (Å²) in [7, 11) is 0. The molecule has 156 valence electrons. The number of hydrogen-bond donors (Lipinski definition) is 1. The summed E-state index contributed by atoms with van der Waals surface area (Å²) in [4.78, 5) is 41.9. The van der Waals surface area contributed by atoms with Crippen LogP contribution in [0, 0.1) is 18.3 Å². The van der Waals surface area contributed by atoms with E-state index >= 15 is 0 Å². The molecular formula is C23H20N4O4. The number of anilines is 1. The van der Waals surface area contributed by atoms with Gasteiger partial charge in [-0.2, -0.15) is 5.26 Å². The smallest absolute Gasteiger partial charge is 0.340 e. The van der Waals surface area contributed by atoms with Crippen molar-refractivity contribution in [3.05, 3.63) is 81.8 Å². The number of amides is 1. The number of esters is 1. The summed E-state index contributed by atoms with van der Waals surface area (Å²) >= 11 is 0. The highest BCUT2D eigenvalue weighted by molar-refractivity contribution is 6.01. The number of nitriles is 1. The van der Waals surface area contributed by atoms with E-state index in [2.05, 4.69) is 10.3 Å². The number of nitrogens with zero attached hydrogens (tertiary/aromatic N) is 3. The van der Waals surface area contributed by atoms with Crippen LogP contribution in [0.5, 0.6) is 0 Å². The Morgan fingerprint density at radius 2 is 1.87 bits per heavy atom. The van der Waals surface area contributed by atoms with Gasteiger partial charge in [0.1, 0.15) is 24.0 Å². The topological polar surface area (TPSA) is 114 Å². The van der Waals surface area contributed by atoms with Crippen LogP contribution < -0.4 is 10.9 Å². The van der Waals surface area contributed by atoms with E-state index in [-0.39, 0.29) is 35.8 Å². The molecule has 0 saturated heterocycles. The zero-order valence-corrected chi connectivity index (χ0v) is 17.1. The molecule has 8 nitrogen and oxygen atoms in total. The second-order valence-corrected chi connectivity index (χ2v) is 6.68. The molecule has 3 aromatic rings. The number of carbonyl (C=O) groups excluding carboxylic acids is 2. The minimum absolute atomic E-state index is 0.171. The Bertz CT molecular complexity index is 1220. The van der Waals surface area contributed by atoms with Crippen LogP contribution in [0.4, 0.5) is 5.69 Å². The van der Waals surface area contributed by atoms with Crippen LogP contribution in [0.25, 0.3) is 11.4 Å². The minimum atomic E-state index is -0.623. The van der Waals surface area contributed by atoms with Crippen molar-refractivity contribution in [2.45, 2.75) is 20.4 Å². The Morgan fingerprint density at radius 3 is 2.55 bits per heavy atom. The molecule has 0 unspecified atom stereocenters. The Balaban J connectivity index is 1.95. The Morgan fingerprint density at radius 1 is 1.16 bits per heavy atom. The first-order valence-electron chi connectivity index (χ1n) is 9.57. The lowest BCUT2D eigenvalue weighted by Gasteiger charge is -2.14. The Labute approximate surface area is 178 Å². The Kier molecular flexibility index (Phi) is 6.58. The van der Waals surface area contributed by atoms with Gasteiger partial charge < -0.3 is 10.1 Å². The molecule has 1 heterocycles. The average molecular weight is 416 g/mol. The van der Waals surface area contributed by atoms with Crippen molar-refractivity contribution in [1.29, 1.82) is 5.26 Å². The number of hydrogen-bond acceptors (Lipinski definition) is 6. The molecule has 0 saturated carbocycles. The van der Waals surface area contributed by atoms with Gasteiger partial charge in [0.05, 0.1) is 24.1 Å². The SMILES string of the molecule is CCOC(=O)c1ccccc1NC(=O)Cn1c(-c2ccc(C)cc2)ncc(C#N)c1=O. The van der Waals surface area contributed by atoms with Gasteiger partial charge in [0.25, 0.3) is 5.56 Å². The maximum absolute atomic E-state index is 12.8. The van der Waals surface area contributed by atoms with Gasteiger partial charge in [-0.05, 0) is 26.0 Å². The van der Waals surface area contributed by atoms with Gasteiger partial charge >= 0.3 is 5.97 Å². The molecule has 8 heteroatoms. The highest BCUT2D eigenvalue weighted by Gasteiger charge is 2.18. The van der Waals surface area contributed by atoms with E-state index in [1.165, 1.54) is 12.3 Å². The van der Waals surface area contributed by atoms with Crippen molar-refractivity contribution in [2.24, 2.45) is 0 Å². The van der Waals surface area contributed by atoms with E-state index in [1.807, 2.05) is 19.1 Å². The first kappa shape index (κ1) is 21.5. The van der Waals surface area contributed by atoms with Crippen LogP contribution in [0.2, 0.25) is 0 Å². The van der Waals surface area contributed by atoms with Gasteiger partial charge in [-0.15, -0.1) is 0 Å². The van der Waals surface area contributed by atoms with Gasteiger partial charge in [-0.3, -0.25) is 14.2 Å². The van der Waals surface area contributed by atoms with Crippen molar-refractivity contribution < 1.29 is 14.3 Å². The minimum Gasteiger partial charge on any atom is -0.462 e. The van der Waals surface area contributed by atoms with Gasteiger partial charge in [0.15, 0.2) is 0 Å². The third-order valence-corrected chi connectivity index (χ3v) is 4.48. The van der Waals surface area contributed by atoms with Crippen molar-refractivity contribution >= 4 is 17.6 Å². The zero-order valence-electron chi connectivity index (χ0n) is 17.1. The van der Waals surface area contributed by atoms with Crippen LogP contribution in [0.1, 0.15) is 28.4 Å². The van der Waals surface area contributed by atoms with Gasteiger partial charge in [-0.1, -0.05) is 42.0 Å². The second kappa shape index (κ2) is 9.50. The maximum Gasteiger partial charge on any atom is 0.340 e. The number of nitrogens with one attached hydrogen (secondary N) is 1. The van der Waals surface area contributed by atoms with Crippen LogP contribution >= 0.6 is 0 Å². The number of aromatic nitrogens is 2. The number of rotatable bonds is 6. The molecule has 1 N–H and O–H groups in total. The standard InChI is InChI=1S/C23H20N4O4/c1-3-31-23(30)18-6-4-5-7-19(18)26-20(28)14-27-21(16-10-8-15(2)9-11-16)25-13-17(12-24)22(27)29/h4-11,13H,3,14H2,1-2H3,(H,26,28). The van der Waals surface area contributed by atoms with Gasteiger partial charge in [0, 0.05) is 5.56 Å². The number of aryl methyl sites for hydroxylation is 1. The summed E-state index contributed by atoms with van der Waals surface area (Å²) in [6, 6.07) is 15.5. The van der Waals surface area contributed by atoms with Gasteiger partial charge in [0.2, 0.25) is 5.91 Å². The second-order valence-electron chi connectivity index (χ2n) is 6.68. The first-order chi connectivity index (χ1) is 14.9.